The lowest BCUT2D eigenvalue weighted by Gasteiger charge is -2.06. The Morgan fingerprint density at radius 3 is 1.96 bits per heavy atom. The van der Waals surface area contributed by atoms with Crippen LogP contribution in [0.15, 0.2) is 15.7 Å². The van der Waals surface area contributed by atoms with Gasteiger partial charge in [0.2, 0.25) is 0 Å². The number of anilines is 1. The van der Waals surface area contributed by atoms with Gasteiger partial charge in [0.15, 0.2) is 0 Å². The minimum atomic E-state index is -0.453. The third-order valence-corrected chi connectivity index (χ3v) is 2.35. The fraction of sp³-hybridized carbons (Fsp3) is 0.111. The Hall–Kier alpha value is -4.16. The summed E-state index contributed by atoms with van der Waals surface area (Å²) in [6.45, 7) is 0. The highest BCUT2D eigenvalue weighted by Gasteiger charge is 2.03. The zero-order valence-corrected chi connectivity index (χ0v) is 12.4. The van der Waals surface area contributed by atoms with Crippen molar-refractivity contribution in [3.63, 3.8) is 0 Å². The summed E-state index contributed by atoms with van der Waals surface area (Å²) >= 11 is 0. The number of terminal acetylenes is 1. The predicted octanol–water partition coefficient (Wildman–Crippen LogP) is -0.896. The van der Waals surface area contributed by atoms with Gasteiger partial charge in [0.1, 0.15) is 5.82 Å². The van der Waals surface area contributed by atoms with Gasteiger partial charge >= 0.3 is 5.69 Å². The van der Waals surface area contributed by atoms with Crippen LogP contribution >= 0.6 is 0 Å². The van der Waals surface area contributed by atoms with Crippen molar-refractivity contribution in [1.29, 1.82) is 0 Å². The maximum atomic E-state index is 11.7. The molecule has 1 rings (SSSR count). The minimum absolute atomic E-state index is 0.274. The molecule has 0 aliphatic carbocycles. The first-order valence-corrected chi connectivity index (χ1v) is 6.06. The highest BCUT2D eigenvalue weighted by Crippen LogP contribution is 1.95. The molecule has 0 saturated heterocycles. The van der Waals surface area contributed by atoms with Crippen LogP contribution in [0, 0.1) is 71.7 Å². The molecular weight excluding hydrogens is 290 g/mol. The largest absolute Gasteiger partial charge is 0.332 e. The van der Waals surface area contributed by atoms with Crippen molar-refractivity contribution in [3.8, 4) is 71.7 Å². The van der Waals surface area contributed by atoms with Gasteiger partial charge in [0, 0.05) is 55.8 Å². The van der Waals surface area contributed by atoms with E-state index in [1.165, 1.54) is 24.7 Å². The van der Waals surface area contributed by atoms with Gasteiger partial charge in [-0.3, -0.25) is 19.2 Å². The standard InChI is InChI=1S/C18H9N3O2/c1-4-5-6-7-8-9-10-11-12-13-14-19-16-15-17(22)21(3)18(23)20(16)2/h1,15,19H,2-3H3. The van der Waals surface area contributed by atoms with Gasteiger partial charge in [-0.05, 0) is 29.6 Å². The second-order valence-electron chi connectivity index (χ2n) is 3.79. The molecule has 1 N–H and O–H groups in total. The molecule has 0 spiro atoms. The molecule has 108 valence electrons. The van der Waals surface area contributed by atoms with Gasteiger partial charge in [0.05, 0.1) is 0 Å². The first-order chi connectivity index (χ1) is 11.1. The molecule has 0 amide bonds. The van der Waals surface area contributed by atoms with Crippen molar-refractivity contribution in [1.82, 2.24) is 9.13 Å². The second kappa shape index (κ2) is 8.90. The molecule has 23 heavy (non-hydrogen) atoms. The van der Waals surface area contributed by atoms with Gasteiger partial charge in [-0.2, -0.15) is 0 Å². The Morgan fingerprint density at radius 1 is 0.870 bits per heavy atom. The summed E-state index contributed by atoms with van der Waals surface area (Å²) in [5, 5.41) is 2.62. The quantitative estimate of drug-likeness (QED) is 0.540. The maximum absolute atomic E-state index is 11.7. The summed E-state index contributed by atoms with van der Waals surface area (Å²) in [5.74, 6) is 24.3. The minimum Gasteiger partial charge on any atom is -0.300 e. The highest BCUT2D eigenvalue weighted by molar-refractivity contribution is 5.46. The number of nitrogens with one attached hydrogen (secondary N) is 1. The lowest BCUT2D eigenvalue weighted by atomic mass is 10.5. The Bertz CT molecular complexity index is 1080. The third kappa shape index (κ3) is 5.38. The average Bonchev–Trinajstić information content (AvgIpc) is 2.55. The van der Waals surface area contributed by atoms with Crippen LogP contribution in [0.1, 0.15) is 0 Å². The molecular formula is C18H9N3O2. The van der Waals surface area contributed by atoms with Crippen LogP contribution in [0.3, 0.4) is 0 Å². The van der Waals surface area contributed by atoms with Gasteiger partial charge in [0.25, 0.3) is 5.56 Å². The van der Waals surface area contributed by atoms with E-state index in [1.54, 1.807) is 0 Å². The van der Waals surface area contributed by atoms with Crippen molar-refractivity contribution < 1.29 is 0 Å². The molecule has 5 nitrogen and oxygen atoms in total. The molecule has 5 heteroatoms. The summed E-state index contributed by atoms with van der Waals surface area (Å²) in [5.41, 5.74) is -0.883. The van der Waals surface area contributed by atoms with Gasteiger partial charge in [-0.1, -0.05) is 0 Å². The molecule has 1 aromatic rings. The molecule has 1 aromatic heterocycles. The van der Waals surface area contributed by atoms with Crippen LogP contribution in [0.2, 0.25) is 0 Å². The molecule has 0 radical (unpaired) electrons. The fourth-order valence-electron chi connectivity index (χ4n) is 1.23. The monoisotopic (exact) mass is 299 g/mol. The average molecular weight is 299 g/mol. The van der Waals surface area contributed by atoms with Gasteiger partial charge in [-0.15, -0.1) is 6.42 Å². The highest BCUT2D eigenvalue weighted by atomic mass is 16.2. The summed E-state index contributed by atoms with van der Waals surface area (Å²) in [4.78, 5) is 23.2. The lowest BCUT2D eigenvalue weighted by Crippen LogP contribution is -2.37. The predicted molar refractivity (Wildman–Crippen MR) is 88.3 cm³/mol. The summed E-state index contributed by atoms with van der Waals surface area (Å²) < 4.78 is 2.25. The Morgan fingerprint density at radius 2 is 1.39 bits per heavy atom. The summed E-state index contributed by atoms with van der Waals surface area (Å²) in [6.07, 6.45) is 4.90. The van der Waals surface area contributed by atoms with Gasteiger partial charge < -0.3 is 0 Å². The van der Waals surface area contributed by atoms with E-state index < -0.39 is 11.2 Å². The molecule has 1 heterocycles. The van der Waals surface area contributed by atoms with Gasteiger partial charge in [-0.25, -0.2) is 4.79 Å². The fourth-order valence-corrected chi connectivity index (χ4v) is 1.23. The Labute approximate surface area is 133 Å². The molecule has 0 unspecified atom stereocenters. The molecule has 0 aliphatic rings. The number of aromatic nitrogens is 2. The summed E-state index contributed by atoms with van der Waals surface area (Å²) in [7, 11) is 2.91. The molecule has 0 aromatic carbocycles. The van der Waals surface area contributed by atoms with Crippen LogP contribution in [-0.4, -0.2) is 9.13 Å². The SMILES string of the molecule is C#CC#CC#CC#CC#CC#CNc1cc(=O)n(C)c(=O)n1C. The van der Waals surface area contributed by atoms with E-state index in [2.05, 4.69) is 70.6 Å². The smallest absolute Gasteiger partial charge is 0.300 e. The lowest BCUT2D eigenvalue weighted by molar-refractivity contribution is 0.693. The summed E-state index contributed by atoms with van der Waals surface area (Å²) in [6, 6.07) is 3.77. The van der Waals surface area contributed by atoms with Crippen molar-refractivity contribution >= 4 is 5.82 Å². The van der Waals surface area contributed by atoms with E-state index in [0.29, 0.717) is 0 Å². The Balaban J connectivity index is 2.75. The van der Waals surface area contributed by atoms with Crippen molar-refractivity contribution in [2.45, 2.75) is 0 Å². The van der Waals surface area contributed by atoms with Crippen LogP contribution in [-0.2, 0) is 14.1 Å². The Kier molecular flexibility index (Phi) is 6.54. The number of hydrogen-bond acceptors (Lipinski definition) is 3. The second-order valence-corrected chi connectivity index (χ2v) is 3.79. The van der Waals surface area contributed by atoms with E-state index in [9.17, 15) is 9.59 Å². The van der Waals surface area contributed by atoms with E-state index in [-0.39, 0.29) is 5.82 Å². The first kappa shape index (κ1) is 16.9. The van der Waals surface area contributed by atoms with Crippen molar-refractivity contribution in [2.24, 2.45) is 14.1 Å². The van der Waals surface area contributed by atoms with E-state index in [4.69, 9.17) is 6.42 Å². The maximum Gasteiger partial charge on any atom is 0.332 e. The van der Waals surface area contributed by atoms with Crippen LogP contribution < -0.4 is 16.6 Å². The molecule has 0 saturated carbocycles. The normalized spacial score (nSPS) is 7.00. The van der Waals surface area contributed by atoms with E-state index in [0.717, 1.165) is 4.57 Å². The third-order valence-electron chi connectivity index (χ3n) is 2.35. The van der Waals surface area contributed by atoms with Crippen LogP contribution in [0.5, 0.6) is 0 Å². The van der Waals surface area contributed by atoms with Crippen molar-refractivity contribution in [2.75, 3.05) is 5.32 Å². The molecule has 0 atom stereocenters. The zero-order valence-electron chi connectivity index (χ0n) is 12.4. The van der Waals surface area contributed by atoms with Crippen LogP contribution in [0.4, 0.5) is 5.82 Å². The number of rotatable bonds is 1. The molecule has 0 fully saturated rings. The number of nitrogens with zero attached hydrogens (tertiary/aromatic N) is 2. The molecule has 0 aliphatic heterocycles. The topological polar surface area (TPSA) is 56.0 Å². The van der Waals surface area contributed by atoms with Crippen molar-refractivity contribution in [3.05, 3.63) is 26.9 Å². The van der Waals surface area contributed by atoms with E-state index >= 15 is 0 Å². The first-order valence-electron chi connectivity index (χ1n) is 6.06. The zero-order chi connectivity index (χ0) is 17.1. The molecule has 0 bridgehead atoms. The van der Waals surface area contributed by atoms with E-state index in [1.807, 2.05) is 0 Å². The number of hydrogen-bond donors (Lipinski definition) is 1. The van der Waals surface area contributed by atoms with Crippen LogP contribution in [0.25, 0.3) is 0 Å².